The molecule has 0 spiro atoms. The highest BCUT2D eigenvalue weighted by molar-refractivity contribution is 9.10. The number of amides is 1. The van der Waals surface area contributed by atoms with Gasteiger partial charge in [-0.25, -0.2) is 8.42 Å². The summed E-state index contributed by atoms with van der Waals surface area (Å²) in [5, 5.41) is 0. The molecule has 30 heavy (non-hydrogen) atoms. The zero-order valence-electron chi connectivity index (χ0n) is 17.0. The zero-order chi connectivity index (χ0) is 21.7. The minimum Gasteiger partial charge on any atom is -0.268 e. The molecule has 0 aromatic heterocycles. The Morgan fingerprint density at radius 2 is 1.57 bits per heavy atom. The largest absolute Gasteiger partial charge is 0.273 e. The van der Waals surface area contributed by atoms with E-state index in [2.05, 4.69) is 22.9 Å². The summed E-state index contributed by atoms with van der Waals surface area (Å²) in [5.41, 5.74) is 2.65. The van der Waals surface area contributed by atoms with E-state index in [1.165, 1.54) is 12.1 Å². The van der Waals surface area contributed by atoms with Crippen LogP contribution in [0.4, 0.5) is 5.69 Å². The molecule has 1 amide bonds. The molecule has 0 bridgehead atoms. The van der Waals surface area contributed by atoms with Gasteiger partial charge in [0.2, 0.25) is 0 Å². The van der Waals surface area contributed by atoms with Crippen molar-refractivity contribution in [3.63, 3.8) is 0 Å². The number of hydrogen-bond acceptors (Lipinski definition) is 3. The van der Waals surface area contributed by atoms with E-state index in [1.54, 1.807) is 48.5 Å². The van der Waals surface area contributed by atoms with Crippen LogP contribution in [0.1, 0.15) is 41.3 Å². The van der Waals surface area contributed by atoms with Crippen molar-refractivity contribution in [1.82, 2.24) is 0 Å². The van der Waals surface area contributed by atoms with Crippen molar-refractivity contribution in [2.24, 2.45) is 0 Å². The zero-order valence-corrected chi connectivity index (χ0v) is 19.4. The molecule has 0 saturated carbocycles. The third kappa shape index (κ3) is 4.82. The van der Waals surface area contributed by atoms with E-state index in [0.717, 1.165) is 34.7 Å². The van der Waals surface area contributed by atoms with Crippen LogP contribution in [-0.2, 0) is 16.4 Å². The van der Waals surface area contributed by atoms with Crippen molar-refractivity contribution in [3.05, 3.63) is 94.0 Å². The molecule has 4 nitrogen and oxygen atoms in total. The van der Waals surface area contributed by atoms with Crippen molar-refractivity contribution in [2.45, 2.75) is 38.0 Å². The molecule has 0 N–H and O–H groups in total. The van der Waals surface area contributed by atoms with E-state index in [9.17, 15) is 13.2 Å². The number of anilines is 1. The van der Waals surface area contributed by atoms with Crippen molar-refractivity contribution < 1.29 is 13.2 Å². The van der Waals surface area contributed by atoms with E-state index in [-0.39, 0.29) is 10.5 Å². The van der Waals surface area contributed by atoms with E-state index < -0.39 is 15.9 Å². The quantitative estimate of drug-likeness (QED) is 0.403. The molecule has 0 radical (unpaired) electrons. The topological polar surface area (TPSA) is 54.5 Å². The Morgan fingerprint density at radius 3 is 2.17 bits per heavy atom. The summed E-state index contributed by atoms with van der Waals surface area (Å²) < 4.78 is 28.5. The number of benzene rings is 3. The van der Waals surface area contributed by atoms with Crippen molar-refractivity contribution >= 4 is 37.5 Å². The summed E-state index contributed by atoms with van der Waals surface area (Å²) in [4.78, 5) is 13.5. The number of carbonyl (C=O) groups excluding carboxylic acids is 1. The average Bonchev–Trinajstić information content (AvgIpc) is 2.73. The lowest BCUT2D eigenvalue weighted by atomic mass is 10.1. The maximum Gasteiger partial charge on any atom is 0.273 e. The Labute approximate surface area is 186 Å². The van der Waals surface area contributed by atoms with Crippen LogP contribution < -0.4 is 4.31 Å². The summed E-state index contributed by atoms with van der Waals surface area (Å²) in [7, 11) is -4.10. The van der Waals surface area contributed by atoms with Gasteiger partial charge in [-0.3, -0.25) is 4.79 Å². The predicted octanol–water partition coefficient (Wildman–Crippen LogP) is 6.14. The van der Waals surface area contributed by atoms with Crippen LogP contribution in [0.5, 0.6) is 0 Å². The number of halogens is 1. The molecule has 0 heterocycles. The van der Waals surface area contributed by atoms with Gasteiger partial charge in [-0.15, -0.1) is 0 Å². The van der Waals surface area contributed by atoms with Gasteiger partial charge in [-0.2, -0.15) is 4.31 Å². The standard InChI is InChI=1S/C24H24BrNO3S/c1-3-4-7-19-12-14-20(15-13-19)26(24(27)22-8-5-6-9-23(22)25)30(28,29)21-16-10-18(2)11-17-21/h5-6,8-17H,3-4,7H2,1-2H3. The van der Waals surface area contributed by atoms with Gasteiger partial charge in [0.25, 0.3) is 15.9 Å². The Bertz CT molecular complexity index is 1120. The smallest absolute Gasteiger partial charge is 0.268 e. The summed E-state index contributed by atoms with van der Waals surface area (Å²) in [5.74, 6) is -0.607. The summed E-state index contributed by atoms with van der Waals surface area (Å²) in [6, 6.07) is 20.5. The minimum atomic E-state index is -4.10. The minimum absolute atomic E-state index is 0.0727. The van der Waals surface area contributed by atoms with E-state index >= 15 is 0 Å². The summed E-state index contributed by atoms with van der Waals surface area (Å²) >= 11 is 3.37. The Kier molecular flexibility index (Phi) is 7.10. The van der Waals surface area contributed by atoms with Crippen LogP contribution >= 0.6 is 15.9 Å². The molecule has 0 aliphatic carbocycles. The predicted molar refractivity (Wildman–Crippen MR) is 124 cm³/mol. The van der Waals surface area contributed by atoms with Gasteiger partial charge < -0.3 is 0 Å². The number of sulfonamides is 1. The highest BCUT2D eigenvalue weighted by Gasteiger charge is 2.32. The Balaban J connectivity index is 2.10. The molecule has 0 aliphatic rings. The molecular weight excluding hydrogens is 462 g/mol. The molecule has 0 saturated heterocycles. The lowest BCUT2D eigenvalue weighted by molar-refractivity contribution is 0.100. The normalized spacial score (nSPS) is 11.3. The molecule has 0 aliphatic heterocycles. The lowest BCUT2D eigenvalue weighted by Gasteiger charge is -2.23. The molecule has 156 valence electrons. The van der Waals surface area contributed by atoms with E-state index in [4.69, 9.17) is 0 Å². The number of rotatable bonds is 7. The van der Waals surface area contributed by atoms with Gasteiger partial charge in [-0.1, -0.05) is 55.3 Å². The molecule has 3 rings (SSSR count). The lowest BCUT2D eigenvalue weighted by Crippen LogP contribution is -2.37. The van der Waals surface area contributed by atoms with Crippen LogP contribution in [0.25, 0.3) is 0 Å². The molecule has 3 aromatic carbocycles. The monoisotopic (exact) mass is 485 g/mol. The van der Waals surface area contributed by atoms with Crippen LogP contribution in [0.3, 0.4) is 0 Å². The van der Waals surface area contributed by atoms with Gasteiger partial charge >= 0.3 is 0 Å². The average molecular weight is 486 g/mol. The fraction of sp³-hybridized carbons (Fsp3) is 0.208. The molecule has 0 unspecified atom stereocenters. The van der Waals surface area contributed by atoms with Gasteiger partial charge in [0.05, 0.1) is 16.1 Å². The van der Waals surface area contributed by atoms with Crippen LogP contribution in [0.2, 0.25) is 0 Å². The number of nitrogens with zero attached hydrogens (tertiary/aromatic N) is 1. The van der Waals surface area contributed by atoms with Crippen molar-refractivity contribution in [3.8, 4) is 0 Å². The molecule has 3 aromatic rings. The fourth-order valence-corrected chi connectivity index (χ4v) is 4.96. The molecule has 6 heteroatoms. The van der Waals surface area contributed by atoms with Crippen molar-refractivity contribution in [2.75, 3.05) is 4.31 Å². The number of unbranched alkanes of at least 4 members (excludes halogenated alkanes) is 1. The van der Waals surface area contributed by atoms with Gasteiger partial charge in [0.1, 0.15) is 0 Å². The first-order valence-corrected chi connectivity index (χ1v) is 12.1. The second-order valence-corrected chi connectivity index (χ2v) is 9.78. The van der Waals surface area contributed by atoms with Gasteiger partial charge in [-0.05, 0) is 77.7 Å². The third-order valence-electron chi connectivity index (χ3n) is 4.84. The summed E-state index contributed by atoms with van der Waals surface area (Å²) in [6.07, 6.45) is 3.05. The van der Waals surface area contributed by atoms with Crippen LogP contribution in [-0.4, -0.2) is 14.3 Å². The molecular formula is C24H24BrNO3S. The number of carbonyl (C=O) groups is 1. The Morgan fingerprint density at radius 1 is 0.933 bits per heavy atom. The SMILES string of the molecule is CCCCc1ccc(N(C(=O)c2ccccc2Br)S(=O)(=O)c2ccc(C)cc2)cc1. The summed E-state index contributed by atoms with van der Waals surface area (Å²) in [6.45, 7) is 4.01. The van der Waals surface area contributed by atoms with E-state index in [1.807, 2.05) is 19.1 Å². The second kappa shape index (κ2) is 9.58. The van der Waals surface area contributed by atoms with Crippen LogP contribution in [0.15, 0.2) is 82.2 Å². The number of aryl methyl sites for hydroxylation is 2. The second-order valence-electron chi connectivity index (χ2n) is 7.14. The maximum atomic E-state index is 13.5. The first kappa shape index (κ1) is 22.2. The molecule has 0 atom stereocenters. The first-order valence-electron chi connectivity index (χ1n) is 9.84. The first-order chi connectivity index (χ1) is 14.3. The van der Waals surface area contributed by atoms with Crippen LogP contribution in [0, 0.1) is 6.92 Å². The third-order valence-corrected chi connectivity index (χ3v) is 7.25. The van der Waals surface area contributed by atoms with Gasteiger partial charge in [0, 0.05) is 4.47 Å². The highest BCUT2D eigenvalue weighted by Crippen LogP contribution is 2.29. The Hall–Kier alpha value is -2.44. The maximum absolute atomic E-state index is 13.5. The van der Waals surface area contributed by atoms with E-state index in [0.29, 0.717) is 10.2 Å². The van der Waals surface area contributed by atoms with Crippen molar-refractivity contribution in [1.29, 1.82) is 0 Å². The van der Waals surface area contributed by atoms with Gasteiger partial charge in [0.15, 0.2) is 0 Å². The highest BCUT2D eigenvalue weighted by atomic mass is 79.9. The fourth-order valence-electron chi connectivity index (χ4n) is 3.10. The molecule has 0 fully saturated rings. The number of hydrogen-bond donors (Lipinski definition) is 0.